The molecule has 2 heteroatoms. The lowest BCUT2D eigenvalue weighted by Crippen LogP contribution is -2.53. The SMILES string of the molecule is C=C1CC[C@@]23C[C@@H]1C(=O)[C@H](O)[C@@H]2CC[C@H]3C. The molecule has 88 valence electrons. The smallest absolute Gasteiger partial charge is 0.168 e. The Hall–Kier alpha value is -0.630. The molecule has 0 radical (unpaired) electrons. The highest BCUT2D eigenvalue weighted by Gasteiger charge is 2.59. The molecule has 5 atom stereocenters. The Morgan fingerprint density at radius 2 is 2.19 bits per heavy atom. The van der Waals surface area contributed by atoms with Gasteiger partial charge in [0.1, 0.15) is 6.10 Å². The summed E-state index contributed by atoms with van der Waals surface area (Å²) in [5.74, 6) is 0.912. The minimum Gasteiger partial charge on any atom is -0.385 e. The van der Waals surface area contributed by atoms with Crippen molar-refractivity contribution in [2.24, 2.45) is 23.2 Å². The van der Waals surface area contributed by atoms with Gasteiger partial charge in [-0.2, -0.15) is 0 Å². The van der Waals surface area contributed by atoms with Crippen molar-refractivity contribution in [1.29, 1.82) is 0 Å². The van der Waals surface area contributed by atoms with Crippen LogP contribution in [0.4, 0.5) is 0 Å². The van der Waals surface area contributed by atoms with Crippen molar-refractivity contribution in [3.63, 3.8) is 0 Å². The maximum Gasteiger partial charge on any atom is 0.168 e. The number of aliphatic hydroxyl groups is 1. The molecule has 2 nitrogen and oxygen atoms in total. The Bertz CT molecular complexity index is 360. The third-order valence-corrected chi connectivity index (χ3v) is 5.64. The van der Waals surface area contributed by atoms with Gasteiger partial charge >= 0.3 is 0 Å². The Balaban J connectivity index is 2.04. The molecule has 3 aliphatic rings. The molecule has 0 aromatic rings. The Kier molecular flexibility index (Phi) is 2.10. The fraction of sp³-hybridized carbons (Fsp3) is 0.786. The Morgan fingerprint density at radius 3 is 2.94 bits per heavy atom. The highest BCUT2D eigenvalue weighted by Crippen LogP contribution is 2.62. The largest absolute Gasteiger partial charge is 0.385 e. The fourth-order valence-corrected chi connectivity index (χ4v) is 4.53. The first-order valence-corrected chi connectivity index (χ1v) is 6.46. The van der Waals surface area contributed by atoms with E-state index in [0.717, 1.165) is 31.3 Å². The van der Waals surface area contributed by atoms with Crippen LogP contribution in [0.1, 0.15) is 39.0 Å². The quantitative estimate of drug-likeness (QED) is 0.636. The van der Waals surface area contributed by atoms with E-state index in [1.165, 1.54) is 6.42 Å². The van der Waals surface area contributed by atoms with Gasteiger partial charge in [-0.05, 0) is 49.4 Å². The maximum atomic E-state index is 12.1. The summed E-state index contributed by atoms with van der Waals surface area (Å²) in [4.78, 5) is 12.1. The standard InChI is InChI=1S/C14H20O2/c1-8-5-6-14-7-10(8)12(15)13(16)11(14)4-3-9(14)2/h9-11,13,16H,1,3-7H2,2H3/t9-,10+,11+,13-,14+/m1/s1. The summed E-state index contributed by atoms with van der Waals surface area (Å²) in [5.41, 5.74) is 1.31. The number of fused-ring (bicyclic) bond motifs is 1. The maximum absolute atomic E-state index is 12.1. The topological polar surface area (TPSA) is 37.3 Å². The lowest BCUT2D eigenvalue weighted by atomic mass is 9.53. The normalized spacial score (nSPS) is 51.6. The number of hydrogen-bond acceptors (Lipinski definition) is 2. The summed E-state index contributed by atoms with van der Waals surface area (Å²) in [7, 11) is 0. The van der Waals surface area contributed by atoms with Gasteiger partial charge in [0, 0.05) is 5.92 Å². The summed E-state index contributed by atoms with van der Waals surface area (Å²) in [6.45, 7) is 6.32. The first kappa shape index (κ1) is 10.5. The first-order valence-electron chi connectivity index (χ1n) is 6.46. The molecule has 3 fully saturated rings. The summed E-state index contributed by atoms with van der Waals surface area (Å²) in [5, 5.41) is 10.2. The molecule has 0 unspecified atom stereocenters. The van der Waals surface area contributed by atoms with Gasteiger partial charge < -0.3 is 5.11 Å². The van der Waals surface area contributed by atoms with Crippen molar-refractivity contribution < 1.29 is 9.90 Å². The van der Waals surface area contributed by atoms with E-state index in [0.29, 0.717) is 5.92 Å². The lowest BCUT2D eigenvalue weighted by Gasteiger charge is -2.51. The lowest BCUT2D eigenvalue weighted by molar-refractivity contribution is -0.147. The van der Waals surface area contributed by atoms with Gasteiger partial charge in [-0.1, -0.05) is 19.1 Å². The molecule has 3 saturated carbocycles. The third-order valence-electron chi connectivity index (χ3n) is 5.64. The molecule has 16 heavy (non-hydrogen) atoms. The monoisotopic (exact) mass is 220 g/mol. The van der Waals surface area contributed by atoms with Gasteiger partial charge in [-0.25, -0.2) is 0 Å². The zero-order valence-electron chi connectivity index (χ0n) is 9.91. The third kappa shape index (κ3) is 1.09. The van der Waals surface area contributed by atoms with E-state index in [1.807, 2.05) is 0 Å². The highest BCUT2D eigenvalue weighted by molar-refractivity contribution is 5.89. The van der Waals surface area contributed by atoms with Crippen LogP contribution in [-0.4, -0.2) is 17.0 Å². The van der Waals surface area contributed by atoms with Crippen molar-refractivity contribution in [3.05, 3.63) is 12.2 Å². The molecule has 0 saturated heterocycles. The highest BCUT2D eigenvalue weighted by atomic mass is 16.3. The zero-order chi connectivity index (χ0) is 11.5. The summed E-state index contributed by atoms with van der Waals surface area (Å²) < 4.78 is 0. The summed E-state index contributed by atoms with van der Waals surface area (Å²) in [6, 6.07) is 0. The van der Waals surface area contributed by atoms with Crippen LogP contribution in [0.3, 0.4) is 0 Å². The zero-order valence-corrected chi connectivity index (χ0v) is 9.91. The molecule has 0 heterocycles. The molecular formula is C14H20O2. The molecular weight excluding hydrogens is 200 g/mol. The van der Waals surface area contributed by atoms with Gasteiger partial charge in [0.05, 0.1) is 0 Å². The van der Waals surface area contributed by atoms with E-state index in [4.69, 9.17) is 0 Å². The van der Waals surface area contributed by atoms with Gasteiger partial charge in [-0.3, -0.25) is 4.79 Å². The second-order valence-corrected chi connectivity index (χ2v) is 6.08. The van der Waals surface area contributed by atoms with E-state index in [2.05, 4.69) is 13.5 Å². The molecule has 2 bridgehead atoms. The van der Waals surface area contributed by atoms with Crippen LogP contribution in [-0.2, 0) is 4.79 Å². The summed E-state index contributed by atoms with van der Waals surface area (Å²) >= 11 is 0. The molecule has 0 aromatic heterocycles. The van der Waals surface area contributed by atoms with Crippen LogP contribution in [0.25, 0.3) is 0 Å². The van der Waals surface area contributed by atoms with E-state index in [-0.39, 0.29) is 23.0 Å². The predicted molar refractivity (Wildman–Crippen MR) is 61.8 cm³/mol. The van der Waals surface area contributed by atoms with Gasteiger partial charge in [-0.15, -0.1) is 0 Å². The second-order valence-electron chi connectivity index (χ2n) is 6.08. The minimum absolute atomic E-state index is 0.0412. The van der Waals surface area contributed by atoms with E-state index in [1.54, 1.807) is 0 Å². The molecule has 0 aliphatic heterocycles. The van der Waals surface area contributed by atoms with Crippen LogP contribution in [0.15, 0.2) is 12.2 Å². The molecule has 0 aromatic carbocycles. The number of allylic oxidation sites excluding steroid dienone is 1. The minimum atomic E-state index is -0.708. The van der Waals surface area contributed by atoms with Crippen molar-refractivity contribution in [2.45, 2.75) is 45.1 Å². The number of carbonyl (C=O) groups is 1. The van der Waals surface area contributed by atoms with Gasteiger partial charge in [0.15, 0.2) is 5.78 Å². The van der Waals surface area contributed by atoms with Crippen molar-refractivity contribution in [1.82, 2.24) is 0 Å². The molecule has 1 spiro atoms. The van der Waals surface area contributed by atoms with Crippen LogP contribution in [0, 0.1) is 23.2 Å². The van der Waals surface area contributed by atoms with Crippen molar-refractivity contribution in [2.75, 3.05) is 0 Å². The van der Waals surface area contributed by atoms with Gasteiger partial charge in [0.2, 0.25) is 0 Å². The van der Waals surface area contributed by atoms with E-state index < -0.39 is 6.10 Å². The van der Waals surface area contributed by atoms with Crippen LogP contribution < -0.4 is 0 Å². The average molecular weight is 220 g/mol. The number of Topliss-reactive ketones (excluding diaryl/α,β-unsaturated/α-hetero) is 1. The fourth-order valence-electron chi connectivity index (χ4n) is 4.53. The first-order chi connectivity index (χ1) is 7.56. The Labute approximate surface area is 96.7 Å². The number of ketones is 1. The second kappa shape index (κ2) is 3.19. The predicted octanol–water partition coefficient (Wildman–Crippen LogP) is 2.32. The summed E-state index contributed by atoms with van der Waals surface area (Å²) in [6.07, 6.45) is 4.60. The molecule has 3 aliphatic carbocycles. The number of aliphatic hydroxyl groups excluding tert-OH is 1. The number of carbonyl (C=O) groups excluding carboxylic acids is 1. The van der Waals surface area contributed by atoms with Crippen molar-refractivity contribution in [3.8, 4) is 0 Å². The number of rotatable bonds is 0. The Morgan fingerprint density at radius 1 is 1.44 bits per heavy atom. The molecule has 1 N–H and O–H groups in total. The van der Waals surface area contributed by atoms with E-state index >= 15 is 0 Å². The molecule has 0 amide bonds. The number of hydrogen-bond donors (Lipinski definition) is 1. The average Bonchev–Trinajstić information content (AvgIpc) is 2.58. The molecule has 3 rings (SSSR count). The van der Waals surface area contributed by atoms with E-state index in [9.17, 15) is 9.90 Å². The van der Waals surface area contributed by atoms with Crippen LogP contribution in [0.2, 0.25) is 0 Å². The van der Waals surface area contributed by atoms with Crippen molar-refractivity contribution >= 4 is 5.78 Å². The van der Waals surface area contributed by atoms with Crippen LogP contribution >= 0.6 is 0 Å². The van der Waals surface area contributed by atoms with Gasteiger partial charge in [0.25, 0.3) is 0 Å². The van der Waals surface area contributed by atoms with Crippen LogP contribution in [0.5, 0.6) is 0 Å².